The first-order valence-corrected chi connectivity index (χ1v) is 4.79. The lowest BCUT2D eigenvalue weighted by molar-refractivity contribution is -0.274. The standard InChI is InChI=1S/C8H6F3IN2O/c9-8(10,11)15-7-3-5(4-14-13)1-2-6(7)12/h1-4H,13H2. The quantitative estimate of drug-likeness (QED) is 0.392. The molecular formula is C8H6F3IN2O. The molecular weight excluding hydrogens is 324 g/mol. The number of ether oxygens (including phenoxy) is 1. The van der Waals surface area contributed by atoms with Gasteiger partial charge in [-0.3, -0.25) is 0 Å². The monoisotopic (exact) mass is 330 g/mol. The fourth-order valence-corrected chi connectivity index (χ4v) is 1.33. The maximum atomic E-state index is 12.0. The van der Waals surface area contributed by atoms with E-state index in [1.165, 1.54) is 18.3 Å². The van der Waals surface area contributed by atoms with E-state index in [1.807, 2.05) is 0 Å². The zero-order chi connectivity index (χ0) is 11.5. The molecule has 0 saturated heterocycles. The lowest BCUT2D eigenvalue weighted by Crippen LogP contribution is -2.17. The Bertz CT molecular complexity index is 379. The van der Waals surface area contributed by atoms with Crippen molar-refractivity contribution >= 4 is 28.8 Å². The van der Waals surface area contributed by atoms with Crippen LogP contribution in [0.1, 0.15) is 5.56 Å². The Balaban J connectivity index is 3.00. The molecule has 0 aromatic heterocycles. The first kappa shape index (κ1) is 12.1. The lowest BCUT2D eigenvalue weighted by Gasteiger charge is -2.10. The number of hydrazone groups is 1. The Morgan fingerprint density at radius 2 is 2.07 bits per heavy atom. The number of halogens is 4. The number of nitrogens with two attached hydrogens (primary N) is 1. The molecule has 0 aliphatic heterocycles. The maximum absolute atomic E-state index is 12.0. The topological polar surface area (TPSA) is 47.6 Å². The highest BCUT2D eigenvalue weighted by atomic mass is 127. The van der Waals surface area contributed by atoms with Crippen LogP contribution >= 0.6 is 22.6 Å². The van der Waals surface area contributed by atoms with Gasteiger partial charge >= 0.3 is 6.36 Å². The molecule has 7 heteroatoms. The maximum Gasteiger partial charge on any atom is 0.573 e. The van der Waals surface area contributed by atoms with Gasteiger partial charge in [0, 0.05) is 0 Å². The zero-order valence-corrected chi connectivity index (χ0v) is 9.41. The van der Waals surface area contributed by atoms with Gasteiger partial charge < -0.3 is 10.6 Å². The summed E-state index contributed by atoms with van der Waals surface area (Å²) < 4.78 is 40.0. The molecule has 82 valence electrons. The normalized spacial score (nSPS) is 12.0. The highest BCUT2D eigenvalue weighted by Gasteiger charge is 2.31. The molecule has 0 aliphatic carbocycles. The van der Waals surface area contributed by atoms with E-state index in [-0.39, 0.29) is 5.75 Å². The van der Waals surface area contributed by atoms with Crippen LogP contribution in [0.25, 0.3) is 0 Å². The second-order valence-corrected chi connectivity index (χ2v) is 3.68. The molecule has 1 aromatic rings. The Kier molecular flexibility index (Phi) is 3.77. The Labute approximate surface area is 97.2 Å². The van der Waals surface area contributed by atoms with Crippen LogP contribution in [0, 0.1) is 3.57 Å². The van der Waals surface area contributed by atoms with E-state index in [1.54, 1.807) is 28.7 Å². The number of hydrogen-bond donors (Lipinski definition) is 1. The molecule has 3 nitrogen and oxygen atoms in total. The van der Waals surface area contributed by atoms with Gasteiger partial charge in [0.1, 0.15) is 5.75 Å². The molecule has 0 aliphatic rings. The van der Waals surface area contributed by atoms with Crippen molar-refractivity contribution in [3.63, 3.8) is 0 Å². The van der Waals surface area contributed by atoms with Gasteiger partial charge in [-0.1, -0.05) is 6.07 Å². The average molecular weight is 330 g/mol. The van der Waals surface area contributed by atoms with Gasteiger partial charge in [-0.2, -0.15) is 5.10 Å². The summed E-state index contributed by atoms with van der Waals surface area (Å²) in [6, 6.07) is 4.28. The number of hydrogen-bond acceptors (Lipinski definition) is 3. The molecule has 0 heterocycles. The summed E-state index contributed by atoms with van der Waals surface area (Å²) >= 11 is 1.74. The number of nitrogens with zero attached hydrogens (tertiary/aromatic N) is 1. The fraction of sp³-hybridized carbons (Fsp3) is 0.125. The van der Waals surface area contributed by atoms with Crippen molar-refractivity contribution in [3.8, 4) is 5.75 Å². The van der Waals surface area contributed by atoms with Crippen molar-refractivity contribution in [2.45, 2.75) is 6.36 Å². The van der Waals surface area contributed by atoms with Crippen LogP contribution in [-0.2, 0) is 0 Å². The highest BCUT2D eigenvalue weighted by Crippen LogP contribution is 2.28. The van der Waals surface area contributed by atoms with Crippen LogP contribution in [0.4, 0.5) is 13.2 Å². The first-order valence-electron chi connectivity index (χ1n) is 3.71. The smallest absolute Gasteiger partial charge is 0.405 e. The van der Waals surface area contributed by atoms with E-state index in [0.29, 0.717) is 9.13 Å². The summed E-state index contributed by atoms with van der Waals surface area (Å²) in [6.45, 7) is 0. The van der Waals surface area contributed by atoms with E-state index in [0.717, 1.165) is 0 Å². The summed E-state index contributed by atoms with van der Waals surface area (Å²) in [6.07, 6.45) is -3.46. The molecule has 0 amide bonds. The van der Waals surface area contributed by atoms with E-state index in [4.69, 9.17) is 5.84 Å². The van der Waals surface area contributed by atoms with Gasteiger partial charge in [0.05, 0.1) is 9.78 Å². The molecule has 0 fully saturated rings. The third-order valence-electron chi connectivity index (χ3n) is 1.40. The highest BCUT2D eigenvalue weighted by molar-refractivity contribution is 14.1. The van der Waals surface area contributed by atoms with Crippen LogP contribution in [0.15, 0.2) is 23.3 Å². The minimum absolute atomic E-state index is 0.263. The van der Waals surface area contributed by atoms with Crippen molar-refractivity contribution in [1.29, 1.82) is 0 Å². The SMILES string of the molecule is NN=Cc1ccc(I)c(OC(F)(F)F)c1. The lowest BCUT2D eigenvalue weighted by atomic mass is 10.2. The minimum Gasteiger partial charge on any atom is -0.405 e. The first-order chi connectivity index (χ1) is 6.92. The van der Waals surface area contributed by atoms with Crippen LogP contribution in [-0.4, -0.2) is 12.6 Å². The van der Waals surface area contributed by atoms with Crippen LogP contribution < -0.4 is 10.6 Å². The number of benzene rings is 1. The molecule has 0 unspecified atom stereocenters. The Morgan fingerprint density at radius 1 is 1.40 bits per heavy atom. The van der Waals surface area contributed by atoms with Gasteiger partial charge in [0.2, 0.25) is 0 Å². The van der Waals surface area contributed by atoms with Crippen LogP contribution in [0.3, 0.4) is 0 Å². The summed E-state index contributed by atoms with van der Waals surface area (Å²) in [5.74, 6) is 4.62. The van der Waals surface area contributed by atoms with E-state index in [2.05, 4.69) is 9.84 Å². The predicted octanol–water partition coefficient (Wildman–Crippen LogP) is 2.48. The van der Waals surface area contributed by atoms with Gasteiger partial charge in [0.25, 0.3) is 0 Å². The third-order valence-corrected chi connectivity index (χ3v) is 2.30. The molecule has 0 saturated carbocycles. The number of alkyl halides is 3. The summed E-state index contributed by atoms with van der Waals surface area (Å²) in [5, 5.41) is 3.21. The molecule has 1 aromatic carbocycles. The molecule has 15 heavy (non-hydrogen) atoms. The van der Waals surface area contributed by atoms with Gasteiger partial charge in [-0.25, -0.2) is 0 Å². The fourth-order valence-electron chi connectivity index (χ4n) is 0.889. The summed E-state index contributed by atoms with van der Waals surface area (Å²) in [7, 11) is 0. The van der Waals surface area contributed by atoms with Crippen molar-refractivity contribution < 1.29 is 17.9 Å². The van der Waals surface area contributed by atoms with Gasteiger partial charge in [0.15, 0.2) is 0 Å². The van der Waals surface area contributed by atoms with Crippen molar-refractivity contribution in [3.05, 3.63) is 27.3 Å². The zero-order valence-electron chi connectivity index (χ0n) is 7.25. The molecule has 0 radical (unpaired) electrons. The van der Waals surface area contributed by atoms with E-state index < -0.39 is 6.36 Å². The summed E-state index contributed by atoms with van der Waals surface area (Å²) in [4.78, 5) is 0. The molecule has 0 atom stereocenters. The van der Waals surface area contributed by atoms with Crippen LogP contribution in [0.5, 0.6) is 5.75 Å². The predicted molar refractivity (Wildman–Crippen MR) is 57.6 cm³/mol. The molecule has 0 spiro atoms. The average Bonchev–Trinajstić information content (AvgIpc) is 2.09. The van der Waals surface area contributed by atoms with Gasteiger partial charge in [-0.15, -0.1) is 13.2 Å². The van der Waals surface area contributed by atoms with Crippen LogP contribution in [0.2, 0.25) is 0 Å². The Hall–Kier alpha value is -0.990. The van der Waals surface area contributed by atoms with Crippen molar-refractivity contribution in [1.82, 2.24) is 0 Å². The van der Waals surface area contributed by atoms with E-state index in [9.17, 15) is 13.2 Å². The van der Waals surface area contributed by atoms with Gasteiger partial charge in [-0.05, 0) is 40.3 Å². The molecule has 0 bridgehead atoms. The molecule has 1 rings (SSSR count). The largest absolute Gasteiger partial charge is 0.573 e. The Morgan fingerprint density at radius 3 is 2.60 bits per heavy atom. The second-order valence-electron chi connectivity index (χ2n) is 2.52. The van der Waals surface area contributed by atoms with Crippen molar-refractivity contribution in [2.75, 3.05) is 0 Å². The third kappa shape index (κ3) is 3.94. The second kappa shape index (κ2) is 4.69. The van der Waals surface area contributed by atoms with Crippen molar-refractivity contribution in [2.24, 2.45) is 10.9 Å². The minimum atomic E-state index is -4.70. The van der Waals surface area contributed by atoms with E-state index >= 15 is 0 Å². The number of rotatable bonds is 2. The molecule has 2 N–H and O–H groups in total. The summed E-state index contributed by atoms with van der Waals surface area (Å²) in [5.41, 5.74) is 0.442.